The third-order valence-corrected chi connectivity index (χ3v) is 7.44. The molecule has 0 saturated carbocycles. The van der Waals surface area contributed by atoms with Crippen LogP contribution in [0.2, 0.25) is 0 Å². The molecule has 0 spiro atoms. The fourth-order valence-electron chi connectivity index (χ4n) is 5.02. The first-order valence-electron chi connectivity index (χ1n) is 13.6. The van der Waals surface area contributed by atoms with Crippen LogP contribution >= 0.6 is 0 Å². The second-order valence-corrected chi connectivity index (χ2v) is 10.2. The van der Waals surface area contributed by atoms with Crippen LogP contribution in [0.25, 0.3) is 16.6 Å². The summed E-state index contributed by atoms with van der Waals surface area (Å²) < 4.78 is 7.16. The van der Waals surface area contributed by atoms with E-state index in [4.69, 9.17) is 4.74 Å². The van der Waals surface area contributed by atoms with E-state index in [-0.39, 0.29) is 23.9 Å². The van der Waals surface area contributed by atoms with E-state index >= 15 is 0 Å². The molecular weight excluding hydrogens is 500 g/mol. The lowest BCUT2D eigenvalue weighted by atomic mass is 10.00. The minimum Gasteiger partial charge on any atom is -0.497 e. The fourth-order valence-corrected chi connectivity index (χ4v) is 5.02. The van der Waals surface area contributed by atoms with Gasteiger partial charge in [-0.05, 0) is 72.4 Å². The maximum Gasteiger partial charge on any atom is 0.268 e. The van der Waals surface area contributed by atoms with Gasteiger partial charge in [-0.25, -0.2) is 4.98 Å². The molecule has 1 amide bonds. The minimum absolute atomic E-state index is 0.109. The number of carbonyl (C=O) groups is 1. The predicted octanol–water partition coefficient (Wildman–Crippen LogP) is 6.04. The molecule has 5 aromatic rings. The predicted molar refractivity (Wildman–Crippen MR) is 158 cm³/mol. The zero-order chi connectivity index (χ0) is 28.2. The van der Waals surface area contributed by atoms with Crippen molar-refractivity contribution in [1.82, 2.24) is 19.7 Å². The largest absolute Gasteiger partial charge is 0.497 e. The van der Waals surface area contributed by atoms with Gasteiger partial charge in [0, 0.05) is 23.7 Å². The summed E-state index contributed by atoms with van der Waals surface area (Å²) in [5.74, 6) is 0.722. The number of imidazole rings is 1. The number of hydrogen-bond donors (Lipinski definition) is 2. The van der Waals surface area contributed by atoms with Crippen LogP contribution in [0, 0.1) is 6.92 Å². The van der Waals surface area contributed by atoms with Crippen molar-refractivity contribution in [3.63, 3.8) is 0 Å². The first-order chi connectivity index (χ1) is 19.4. The molecule has 5 rings (SSSR count). The van der Waals surface area contributed by atoms with E-state index in [1.807, 2.05) is 78.1 Å². The number of aromatic nitrogens is 3. The van der Waals surface area contributed by atoms with Crippen LogP contribution in [-0.2, 0) is 13.0 Å². The number of carbonyl (C=O) groups excluding carboxylic acids is 1. The monoisotopic (exact) mass is 534 g/mol. The Labute approximate surface area is 233 Å². The van der Waals surface area contributed by atoms with Crippen LogP contribution in [0.15, 0.2) is 83.9 Å². The highest BCUT2D eigenvalue weighted by atomic mass is 16.5. The van der Waals surface area contributed by atoms with Gasteiger partial charge in [-0.15, -0.1) is 0 Å². The Kier molecular flexibility index (Phi) is 7.82. The van der Waals surface area contributed by atoms with Crippen LogP contribution in [0.5, 0.6) is 5.75 Å². The number of ether oxygens (including phenoxy) is 1. The van der Waals surface area contributed by atoms with Gasteiger partial charge in [0.05, 0.1) is 18.3 Å². The van der Waals surface area contributed by atoms with Crippen LogP contribution < -0.4 is 15.6 Å². The molecule has 7 nitrogen and oxygen atoms in total. The Bertz CT molecular complexity index is 1700. The molecule has 2 N–H and O–H groups in total. The second kappa shape index (κ2) is 11.6. The van der Waals surface area contributed by atoms with Gasteiger partial charge in [-0.1, -0.05) is 56.3 Å². The molecule has 2 aromatic carbocycles. The maximum atomic E-state index is 13.7. The standard InChI is InChI=1S/C33H34N4O3/c1-5-21(2)31-29-17-25(24-11-13-27(40-4)14-12-24)18-30(37(29)20-35-31)33(39)34-19-28-26(15-22(3)36-32(28)38)16-23-9-7-6-8-10-23/h6-15,17-18,20-21H,5,16,19H2,1-4H3,(H,34,39)(H,36,38). The van der Waals surface area contributed by atoms with Crippen molar-refractivity contribution < 1.29 is 9.53 Å². The summed E-state index contributed by atoms with van der Waals surface area (Å²) in [7, 11) is 1.64. The molecule has 7 heteroatoms. The Hall–Kier alpha value is -4.65. The molecule has 0 radical (unpaired) electrons. The molecule has 40 heavy (non-hydrogen) atoms. The van der Waals surface area contributed by atoms with Gasteiger partial charge in [0.15, 0.2) is 0 Å². The van der Waals surface area contributed by atoms with E-state index in [9.17, 15) is 9.59 Å². The van der Waals surface area contributed by atoms with Crippen molar-refractivity contribution in [1.29, 1.82) is 0 Å². The number of fused-ring (bicyclic) bond motifs is 1. The van der Waals surface area contributed by atoms with Crippen molar-refractivity contribution in [3.05, 3.63) is 123 Å². The lowest BCUT2D eigenvalue weighted by Gasteiger charge is -2.14. The number of rotatable bonds is 9. The van der Waals surface area contributed by atoms with Gasteiger partial charge in [-0.3, -0.25) is 14.0 Å². The number of amides is 1. The molecule has 0 aliphatic rings. The lowest BCUT2D eigenvalue weighted by molar-refractivity contribution is 0.0944. The average Bonchev–Trinajstić information content (AvgIpc) is 3.40. The van der Waals surface area contributed by atoms with E-state index in [0.717, 1.165) is 51.3 Å². The lowest BCUT2D eigenvalue weighted by Crippen LogP contribution is -2.29. The molecule has 1 unspecified atom stereocenters. The second-order valence-electron chi connectivity index (χ2n) is 10.2. The smallest absolute Gasteiger partial charge is 0.268 e. The Balaban J connectivity index is 1.51. The van der Waals surface area contributed by atoms with E-state index in [1.54, 1.807) is 13.4 Å². The van der Waals surface area contributed by atoms with Gasteiger partial charge in [-0.2, -0.15) is 0 Å². The van der Waals surface area contributed by atoms with Crippen LogP contribution in [0.4, 0.5) is 0 Å². The molecule has 204 valence electrons. The van der Waals surface area contributed by atoms with E-state index in [0.29, 0.717) is 17.7 Å². The molecule has 0 aliphatic carbocycles. The number of nitrogens with one attached hydrogen (secondary N) is 2. The quantitative estimate of drug-likeness (QED) is 0.241. The highest BCUT2D eigenvalue weighted by molar-refractivity contribution is 5.95. The zero-order valence-electron chi connectivity index (χ0n) is 23.3. The number of aryl methyl sites for hydroxylation is 1. The highest BCUT2D eigenvalue weighted by Crippen LogP contribution is 2.29. The summed E-state index contributed by atoms with van der Waals surface area (Å²) in [6.45, 7) is 6.24. The summed E-state index contributed by atoms with van der Waals surface area (Å²) in [6.07, 6.45) is 3.25. The molecule has 3 aromatic heterocycles. The van der Waals surface area contributed by atoms with Crippen LogP contribution in [-0.4, -0.2) is 27.4 Å². The van der Waals surface area contributed by atoms with Gasteiger partial charge >= 0.3 is 0 Å². The first-order valence-corrected chi connectivity index (χ1v) is 13.6. The SMILES string of the molecule is CCC(C)c1ncn2c(C(=O)NCc3c(Cc4ccccc4)cc(C)[nH]c3=O)cc(-c3ccc(OC)cc3)cc12. The third kappa shape index (κ3) is 5.54. The minimum atomic E-state index is -0.279. The van der Waals surface area contributed by atoms with Crippen LogP contribution in [0.1, 0.15) is 64.8 Å². The Morgan fingerprint density at radius 2 is 1.80 bits per heavy atom. The Morgan fingerprint density at radius 1 is 1.05 bits per heavy atom. The van der Waals surface area contributed by atoms with Gasteiger partial charge in [0.2, 0.25) is 0 Å². The van der Waals surface area contributed by atoms with Crippen molar-refractivity contribution in [2.24, 2.45) is 0 Å². The molecular formula is C33H34N4O3. The summed E-state index contributed by atoms with van der Waals surface area (Å²) in [4.78, 5) is 34.3. The molecule has 0 saturated heterocycles. The normalized spacial score (nSPS) is 11.9. The number of aromatic amines is 1. The summed E-state index contributed by atoms with van der Waals surface area (Å²) in [5, 5.41) is 3.02. The van der Waals surface area contributed by atoms with Crippen molar-refractivity contribution in [2.45, 2.75) is 46.1 Å². The molecule has 0 fully saturated rings. The Morgan fingerprint density at radius 3 is 2.50 bits per heavy atom. The van der Waals surface area contributed by atoms with Gasteiger partial charge in [0.1, 0.15) is 17.8 Å². The molecule has 1 atom stereocenters. The van der Waals surface area contributed by atoms with Crippen molar-refractivity contribution in [3.8, 4) is 16.9 Å². The number of methoxy groups -OCH3 is 1. The summed E-state index contributed by atoms with van der Waals surface area (Å²) in [6, 6.07) is 23.7. The van der Waals surface area contributed by atoms with E-state index < -0.39 is 0 Å². The summed E-state index contributed by atoms with van der Waals surface area (Å²) in [5.41, 5.74) is 7.32. The zero-order valence-corrected chi connectivity index (χ0v) is 23.3. The third-order valence-electron chi connectivity index (χ3n) is 7.44. The van der Waals surface area contributed by atoms with E-state index in [2.05, 4.69) is 35.2 Å². The number of H-pyrrole nitrogens is 1. The van der Waals surface area contributed by atoms with Crippen molar-refractivity contribution >= 4 is 11.4 Å². The molecule has 0 bridgehead atoms. The first kappa shape index (κ1) is 26.9. The molecule has 3 heterocycles. The summed E-state index contributed by atoms with van der Waals surface area (Å²) >= 11 is 0. The highest BCUT2D eigenvalue weighted by Gasteiger charge is 2.19. The van der Waals surface area contributed by atoms with E-state index in [1.165, 1.54) is 0 Å². The number of benzene rings is 2. The topological polar surface area (TPSA) is 88.5 Å². The maximum absolute atomic E-state index is 13.7. The molecule has 0 aliphatic heterocycles. The number of hydrogen-bond acceptors (Lipinski definition) is 4. The van der Waals surface area contributed by atoms with Gasteiger partial charge < -0.3 is 15.0 Å². The van der Waals surface area contributed by atoms with Crippen molar-refractivity contribution in [2.75, 3.05) is 7.11 Å². The van der Waals surface area contributed by atoms with Crippen LogP contribution in [0.3, 0.4) is 0 Å². The van der Waals surface area contributed by atoms with Gasteiger partial charge in [0.25, 0.3) is 11.5 Å². The average molecular weight is 535 g/mol. The number of nitrogens with zero attached hydrogens (tertiary/aromatic N) is 2. The fraction of sp³-hybridized carbons (Fsp3) is 0.242. The number of pyridine rings is 2.